The van der Waals surface area contributed by atoms with Crippen LogP contribution in [0.2, 0.25) is 0 Å². The molecule has 2 saturated carbocycles. The number of hydrogen-bond acceptors (Lipinski definition) is 7. The standard InChI is InChI=1S/C47H86O5S2.C2H6/c1-3-5-7-9-11-13-21-35-46(49)51-44(39-53-37-41-27-17-15-18-28-41)33-25-23-31-43(48)32-24-26-34-45(40-54-38-42-29-19-16-20-30-42)52-47(50)36-22-14-12-10-8-6-4-2;1-2/h41-42,44-45H,3-40H2,1-2H3;1-2H3. The summed E-state index contributed by atoms with van der Waals surface area (Å²) in [5, 5.41) is 0. The number of rotatable bonds is 36. The average Bonchev–Trinajstić information content (AvgIpc) is 3.21. The van der Waals surface area contributed by atoms with Crippen LogP contribution in [0, 0.1) is 11.8 Å². The Morgan fingerprint density at radius 3 is 1.18 bits per heavy atom. The first-order valence-electron chi connectivity index (χ1n) is 24.6. The number of unbranched alkanes of at least 4 members (excludes halogenated alkanes) is 14. The lowest BCUT2D eigenvalue weighted by Gasteiger charge is -2.23. The highest BCUT2D eigenvalue weighted by molar-refractivity contribution is 7.99. The molecule has 0 saturated heterocycles. The lowest BCUT2D eigenvalue weighted by molar-refractivity contribution is -0.149. The quantitative estimate of drug-likeness (QED) is 0.0460. The van der Waals surface area contributed by atoms with E-state index in [0.717, 1.165) is 87.5 Å². The van der Waals surface area contributed by atoms with Crippen molar-refractivity contribution >= 4 is 41.2 Å². The molecular weight excluding hydrogens is 733 g/mol. The summed E-state index contributed by atoms with van der Waals surface area (Å²) in [7, 11) is 0. The van der Waals surface area contributed by atoms with Crippen molar-refractivity contribution in [2.75, 3.05) is 23.0 Å². The van der Waals surface area contributed by atoms with Gasteiger partial charge in [-0.3, -0.25) is 14.4 Å². The zero-order valence-corrected chi connectivity index (χ0v) is 39.2. The van der Waals surface area contributed by atoms with Gasteiger partial charge in [-0.25, -0.2) is 0 Å². The molecule has 330 valence electrons. The number of Topliss-reactive ketones (excluding diaryl/α,β-unsaturated/α-hetero) is 1. The van der Waals surface area contributed by atoms with Crippen molar-refractivity contribution < 1.29 is 23.9 Å². The molecule has 2 aliphatic rings. The van der Waals surface area contributed by atoms with Gasteiger partial charge in [0, 0.05) is 37.2 Å². The SMILES string of the molecule is CC.CCCCCCCCCC(=O)OC(CCCCC(=O)CCCCC(CSCC1CCCCC1)OC(=O)CCCCCCCCC)CSCC1CCCCC1. The summed E-state index contributed by atoms with van der Waals surface area (Å²) in [6, 6.07) is 0. The molecule has 2 aliphatic carbocycles. The van der Waals surface area contributed by atoms with Gasteiger partial charge < -0.3 is 9.47 Å². The predicted octanol–water partition coefficient (Wildman–Crippen LogP) is 15.4. The first-order chi connectivity index (χ1) is 27.5. The van der Waals surface area contributed by atoms with E-state index in [1.54, 1.807) is 0 Å². The normalized spacial score (nSPS) is 16.1. The maximum atomic E-state index is 12.9. The molecule has 2 atom stereocenters. The number of ether oxygens (including phenoxy) is 2. The van der Waals surface area contributed by atoms with Crippen LogP contribution in [0.3, 0.4) is 0 Å². The summed E-state index contributed by atoms with van der Waals surface area (Å²) in [5.74, 6) is 6.06. The molecular formula is C49H92O5S2. The average molecular weight is 825 g/mol. The Morgan fingerprint density at radius 1 is 0.464 bits per heavy atom. The van der Waals surface area contributed by atoms with Crippen molar-refractivity contribution in [1.29, 1.82) is 0 Å². The fraction of sp³-hybridized carbons (Fsp3) is 0.939. The number of thioether (sulfide) groups is 2. The summed E-state index contributed by atoms with van der Waals surface area (Å²) in [6.45, 7) is 8.49. The fourth-order valence-corrected chi connectivity index (χ4v) is 10.8. The van der Waals surface area contributed by atoms with Gasteiger partial charge in [0.25, 0.3) is 0 Å². The summed E-state index contributed by atoms with van der Waals surface area (Å²) < 4.78 is 12.1. The number of carbonyl (C=O) groups excluding carboxylic acids is 3. The van der Waals surface area contributed by atoms with Crippen molar-refractivity contribution in [2.45, 2.75) is 258 Å². The minimum absolute atomic E-state index is 0.0305. The molecule has 5 nitrogen and oxygen atoms in total. The molecule has 0 N–H and O–H groups in total. The molecule has 0 heterocycles. The Balaban J connectivity index is 0.00000771. The van der Waals surface area contributed by atoms with Gasteiger partial charge in [-0.1, -0.05) is 143 Å². The largest absolute Gasteiger partial charge is 0.461 e. The van der Waals surface area contributed by atoms with Gasteiger partial charge in [-0.05, 0) is 100 Å². The van der Waals surface area contributed by atoms with Gasteiger partial charge in [-0.2, -0.15) is 23.5 Å². The van der Waals surface area contributed by atoms with Gasteiger partial charge in [0.05, 0.1) is 0 Å². The first kappa shape index (κ1) is 53.3. The molecule has 0 spiro atoms. The van der Waals surface area contributed by atoms with Crippen LogP contribution >= 0.6 is 23.5 Å². The van der Waals surface area contributed by atoms with Gasteiger partial charge in [0.1, 0.15) is 18.0 Å². The lowest BCUT2D eigenvalue weighted by atomic mass is 9.91. The Hall–Kier alpha value is -0.690. The van der Waals surface area contributed by atoms with E-state index in [-0.39, 0.29) is 24.1 Å². The second-order valence-electron chi connectivity index (χ2n) is 17.1. The minimum atomic E-state index is -0.0350. The van der Waals surface area contributed by atoms with Crippen LogP contribution in [0.15, 0.2) is 0 Å². The minimum Gasteiger partial charge on any atom is -0.461 e. The number of ketones is 1. The molecule has 0 aromatic heterocycles. The summed E-state index contributed by atoms with van der Waals surface area (Å²) in [4.78, 5) is 38.4. The molecule has 2 fully saturated rings. The third kappa shape index (κ3) is 32.2. The maximum Gasteiger partial charge on any atom is 0.306 e. The molecule has 0 amide bonds. The Kier molecular flexibility index (Phi) is 37.9. The van der Waals surface area contributed by atoms with Crippen molar-refractivity contribution in [3.8, 4) is 0 Å². The zero-order valence-electron chi connectivity index (χ0n) is 37.5. The fourth-order valence-electron chi connectivity index (χ4n) is 8.25. The van der Waals surface area contributed by atoms with Gasteiger partial charge in [-0.15, -0.1) is 0 Å². The van der Waals surface area contributed by atoms with Gasteiger partial charge in [0.2, 0.25) is 0 Å². The third-order valence-electron chi connectivity index (χ3n) is 11.8. The van der Waals surface area contributed by atoms with Crippen LogP contribution in [0.5, 0.6) is 0 Å². The van der Waals surface area contributed by atoms with E-state index < -0.39 is 0 Å². The van der Waals surface area contributed by atoms with Crippen LogP contribution in [-0.4, -0.2) is 52.9 Å². The molecule has 2 rings (SSSR count). The zero-order chi connectivity index (χ0) is 40.7. The molecule has 0 aliphatic heterocycles. The van der Waals surface area contributed by atoms with Crippen LogP contribution in [0.25, 0.3) is 0 Å². The van der Waals surface area contributed by atoms with E-state index in [0.29, 0.717) is 31.5 Å². The van der Waals surface area contributed by atoms with Crippen molar-refractivity contribution in [2.24, 2.45) is 11.8 Å². The van der Waals surface area contributed by atoms with E-state index in [4.69, 9.17) is 9.47 Å². The molecule has 2 unspecified atom stereocenters. The highest BCUT2D eigenvalue weighted by Crippen LogP contribution is 2.29. The lowest BCUT2D eigenvalue weighted by Crippen LogP contribution is -2.22. The summed E-state index contributed by atoms with van der Waals surface area (Å²) in [5.41, 5.74) is 0. The molecule has 0 bridgehead atoms. The molecule has 0 radical (unpaired) electrons. The van der Waals surface area contributed by atoms with Gasteiger partial charge >= 0.3 is 11.9 Å². The molecule has 56 heavy (non-hydrogen) atoms. The van der Waals surface area contributed by atoms with Crippen molar-refractivity contribution in [1.82, 2.24) is 0 Å². The van der Waals surface area contributed by atoms with Crippen LogP contribution in [0.4, 0.5) is 0 Å². The Morgan fingerprint density at radius 2 is 0.804 bits per heavy atom. The molecule has 0 aromatic carbocycles. The van der Waals surface area contributed by atoms with Crippen molar-refractivity contribution in [3.63, 3.8) is 0 Å². The van der Waals surface area contributed by atoms with Crippen LogP contribution in [0.1, 0.15) is 246 Å². The Bertz CT molecular complexity index is 831. The summed E-state index contributed by atoms with van der Waals surface area (Å²) >= 11 is 3.95. The second-order valence-corrected chi connectivity index (χ2v) is 19.2. The monoisotopic (exact) mass is 825 g/mol. The number of hydrogen-bond donors (Lipinski definition) is 0. The maximum absolute atomic E-state index is 12.9. The topological polar surface area (TPSA) is 69.7 Å². The van der Waals surface area contributed by atoms with Crippen LogP contribution in [-0.2, 0) is 23.9 Å². The predicted molar refractivity (Wildman–Crippen MR) is 246 cm³/mol. The number of carbonyl (C=O) groups is 3. The van der Waals surface area contributed by atoms with E-state index in [1.165, 1.54) is 140 Å². The van der Waals surface area contributed by atoms with Crippen LogP contribution < -0.4 is 0 Å². The highest BCUT2D eigenvalue weighted by atomic mass is 32.2. The van der Waals surface area contributed by atoms with E-state index in [9.17, 15) is 14.4 Å². The smallest absolute Gasteiger partial charge is 0.306 e. The second kappa shape index (κ2) is 39.8. The summed E-state index contributed by atoms with van der Waals surface area (Å²) in [6.07, 6.45) is 38.0. The van der Waals surface area contributed by atoms with E-state index in [2.05, 4.69) is 13.8 Å². The van der Waals surface area contributed by atoms with Crippen molar-refractivity contribution in [3.05, 3.63) is 0 Å². The third-order valence-corrected chi connectivity index (χ3v) is 14.4. The van der Waals surface area contributed by atoms with Gasteiger partial charge in [0.15, 0.2) is 0 Å². The van der Waals surface area contributed by atoms with E-state index >= 15 is 0 Å². The first-order valence-corrected chi connectivity index (χ1v) is 26.9. The molecule has 7 heteroatoms. The number of esters is 2. The van der Waals surface area contributed by atoms with E-state index in [1.807, 2.05) is 37.4 Å². The Labute approximate surface area is 356 Å². The molecule has 0 aromatic rings. The highest BCUT2D eigenvalue weighted by Gasteiger charge is 2.20.